The number of pyridine rings is 1. The summed E-state index contributed by atoms with van der Waals surface area (Å²) in [5.41, 5.74) is -0.900. The number of phenols is 1. The molecule has 170 valence electrons. The lowest BCUT2D eigenvalue weighted by Gasteiger charge is -2.19. The van der Waals surface area contributed by atoms with Gasteiger partial charge in [0.15, 0.2) is 17.3 Å². The first-order chi connectivity index (χ1) is 16.3. The minimum Gasteiger partial charge on any atom is -0.507 e. The zero-order chi connectivity index (χ0) is 24.6. The molecule has 0 radical (unpaired) electrons. The van der Waals surface area contributed by atoms with Crippen LogP contribution in [0, 0.1) is 18.3 Å². The van der Waals surface area contributed by atoms with Gasteiger partial charge in [-0.15, -0.1) is 10.2 Å². The van der Waals surface area contributed by atoms with E-state index in [1.54, 1.807) is 0 Å². The van der Waals surface area contributed by atoms with Crippen LogP contribution in [0.15, 0.2) is 51.4 Å². The van der Waals surface area contributed by atoms with Gasteiger partial charge in [-0.3, -0.25) is 19.0 Å². The van der Waals surface area contributed by atoms with Crippen LogP contribution in [0.4, 0.5) is 11.4 Å². The van der Waals surface area contributed by atoms with E-state index in [4.69, 9.17) is 4.74 Å². The fourth-order valence-corrected chi connectivity index (χ4v) is 3.84. The number of ketones is 2. The molecule has 2 aromatic carbocycles. The number of rotatable bonds is 5. The van der Waals surface area contributed by atoms with Crippen LogP contribution in [0.1, 0.15) is 43.0 Å². The molecule has 10 nitrogen and oxygen atoms in total. The highest BCUT2D eigenvalue weighted by atomic mass is 16.5. The predicted molar refractivity (Wildman–Crippen MR) is 119 cm³/mol. The van der Waals surface area contributed by atoms with Crippen LogP contribution >= 0.6 is 0 Å². The molecule has 0 aliphatic heterocycles. The second-order valence-corrected chi connectivity index (χ2v) is 7.49. The lowest BCUT2D eigenvalue weighted by Crippen LogP contribution is -2.25. The average Bonchev–Trinajstić information content (AvgIpc) is 2.82. The number of hydrogen-bond acceptors (Lipinski definition) is 9. The van der Waals surface area contributed by atoms with Gasteiger partial charge < -0.3 is 14.9 Å². The van der Waals surface area contributed by atoms with Crippen molar-refractivity contribution in [1.82, 2.24) is 4.57 Å². The van der Waals surface area contributed by atoms with E-state index in [1.807, 2.05) is 6.07 Å². The Bertz CT molecular complexity index is 1500. The van der Waals surface area contributed by atoms with E-state index in [1.165, 1.54) is 50.4 Å². The van der Waals surface area contributed by atoms with Gasteiger partial charge in [-0.25, -0.2) is 0 Å². The van der Waals surface area contributed by atoms with E-state index in [0.29, 0.717) is 0 Å². The first-order valence-electron chi connectivity index (χ1n) is 10.1. The van der Waals surface area contributed by atoms with Crippen molar-refractivity contribution >= 4 is 22.9 Å². The number of aromatic hydroxyl groups is 2. The number of fused-ring (bicyclic) bond motifs is 2. The minimum atomic E-state index is -0.696. The summed E-state index contributed by atoms with van der Waals surface area (Å²) in [6.07, 6.45) is 0. The van der Waals surface area contributed by atoms with Crippen molar-refractivity contribution in [2.45, 2.75) is 13.5 Å². The number of phenolic OH excluding ortho intramolecular Hbond substituents is 1. The molecule has 10 heteroatoms. The quantitative estimate of drug-likeness (QED) is 0.435. The van der Waals surface area contributed by atoms with Crippen molar-refractivity contribution in [3.63, 3.8) is 0 Å². The van der Waals surface area contributed by atoms with Crippen molar-refractivity contribution in [2.75, 3.05) is 13.7 Å². The van der Waals surface area contributed by atoms with Gasteiger partial charge >= 0.3 is 0 Å². The predicted octanol–water partition coefficient (Wildman–Crippen LogP) is 3.28. The molecule has 1 heterocycles. The maximum absolute atomic E-state index is 13.2. The molecular formula is C24H18N4O6. The van der Waals surface area contributed by atoms with Crippen LogP contribution < -0.4 is 5.56 Å². The molecule has 34 heavy (non-hydrogen) atoms. The summed E-state index contributed by atoms with van der Waals surface area (Å²) < 4.78 is 5.90. The van der Waals surface area contributed by atoms with E-state index in [-0.39, 0.29) is 63.7 Å². The second kappa shape index (κ2) is 8.73. The lowest BCUT2D eigenvalue weighted by molar-refractivity contribution is 0.0977. The van der Waals surface area contributed by atoms with Gasteiger partial charge in [-0.2, -0.15) is 5.26 Å². The van der Waals surface area contributed by atoms with E-state index < -0.39 is 23.0 Å². The molecule has 1 aromatic heterocycles. The summed E-state index contributed by atoms with van der Waals surface area (Å²) in [4.78, 5) is 38.7. The first-order valence-corrected chi connectivity index (χ1v) is 10.1. The molecule has 2 N–H and O–H groups in total. The number of hydrogen-bond donors (Lipinski definition) is 2. The fourth-order valence-electron chi connectivity index (χ4n) is 3.84. The normalized spacial score (nSPS) is 12.5. The van der Waals surface area contributed by atoms with Crippen molar-refractivity contribution in [3.05, 3.63) is 80.1 Å². The molecule has 0 spiro atoms. The van der Waals surface area contributed by atoms with Gasteiger partial charge in [0, 0.05) is 23.8 Å². The third-order valence-corrected chi connectivity index (χ3v) is 5.57. The van der Waals surface area contributed by atoms with Gasteiger partial charge in [0.2, 0.25) is 5.88 Å². The third kappa shape index (κ3) is 3.44. The number of benzene rings is 2. The monoisotopic (exact) mass is 458 g/mol. The Balaban J connectivity index is 1.87. The molecule has 4 rings (SSSR count). The molecule has 1 aliphatic rings. The summed E-state index contributed by atoms with van der Waals surface area (Å²) >= 11 is 0. The Morgan fingerprint density at radius 2 is 1.68 bits per heavy atom. The number of azo groups is 1. The maximum atomic E-state index is 13.2. The van der Waals surface area contributed by atoms with Crippen LogP contribution in [0.3, 0.4) is 0 Å². The molecule has 0 atom stereocenters. The van der Waals surface area contributed by atoms with Gasteiger partial charge in [0.1, 0.15) is 17.4 Å². The van der Waals surface area contributed by atoms with Crippen LogP contribution in [-0.2, 0) is 11.3 Å². The van der Waals surface area contributed by atoms with Gasteiger partial charge in [-0.05, 0) is 19.1 Å². The number of ether oxygens (including phenoxy) is 1. The number of carbonyl (C=O) groups is 2. The molecule has 0 amide bonds. The Morgan fingerprint density at radius 1 is 1.00 bits per heavy atom. The van der Waals surface area contributed by atoms with Crippen LogP contribution in [-0.4, -0.2) is 40.1 Å². The van der Waals surface area contributed by atoms with E-state index in [9.17, 15) is 29.9 Å². The van der Waals surface area contributed by atoms with Crippen LogP contribution in [0.2, 0.25) is 0 Å². The zero-order valence-electron chi connectivity index (χ0n) is 18.2. The summed E-state index contributed by atoms with van der Waals surface area (Å²) in [5.74, 6) is -1.89. The standard InChI is InChI=1S/C24H18N4O6/c1-12-15(11-25)23(32)28(9-10-34-2)24(33)20(12)27-26-16-7-3-5-13-18(16)22(31)19-14(21(13)30)6-4-8-17(19)29/h3-8,29,33H,9-10H2,1-2H3/b27-26+. The molecule has 0 saturated heterocycles. The van der Waals surface area contributed by atoms with Crippen molar-refractivity contribution in [1.29, 1.82) is 5.26 Å². The third-order valence-electron chi connectivity index (χ3n) is 5.57. The smallest absolute Gasteiger partial charge is 0.271 e. The molecule has 1 aliphatic carbocycles. The van der Waals surface area contributed by atoms with Crippen LogP contribution in [0.5, 0.6) is 11.6 Å². The number of nitriles is 1. The number of carbonyl (C=O) groups excluding carboxylic acids is 2. The molecule has 0 fully saturated rings. The fraction of sp³-hybridized carbons (Fsp3) is 0.167. The van der Waals surface area contributed by atoms with E-state index in [0.717, 1.165) is 4.57 Å². The molecule has 3 aromatic rings. The van der Waals surface area contributed by atoms with Gasteiger partial charge in [0.05, 0.1) is 30.0 Å². The Morgan fingerprint density at radius 3 is 2.35 bits per heavy atom. The highest BCUT2D eigenvalue weighted by Crippen LogP contribution is 2.38. The molecule has 0 saturated carbocycles. The van der Waals surface area contributed by atoms with E-state index >= 15 is 0 Å². The SMILES string of the molecule is COCCn1c(O)c(/N=N/c2cccc3c2C(=O)c2c(O)cccc2C3=O)c(C)c(C#N)c1=O. The summed E-state index contributed by atoms with van der Waals surface area (Å²) in [7, 11) is 1.43. The molecule has 0 unspecified atom stereocenters. The highest BCUT2D eigenvalue weighted by molar-refractivity contribution is 6.30. The lowest BCUT2D eigenvalue weighted by atomic mass is 9.83. The van der Waals surface area contributed by atoms with Gasteiger partial charge in [0.25, 0.3) is 5.56 Å². The van der Waals surface area contributed by atoms with Gasteiger partial charge in [-0.1, -0.05) is 24.3 Å². The minimum absolute atomic E-state index is 0.0247. The number of nitrogens with zero attached hydrogens (tertiary/aromatic N) is 4. The average molecular weight is 458 g/mol. The molecule has 0 bridgehead atoms. The summed E-state index contributed by atoms with van der Waals surface area (Å²) in [5, 5.41) is 38.4. The van der Waals surface area contributed by atoms with Crippen molar-refractivity contribution in [2.24, 2.45) is 10.2 Å². The highest BCUT2D eigenvalue weighted by Gasteiger charge is 2.33. The first kappa shape index (κ1) is 22.6. The Hall–Kier alpha value is -4.62. The molecular weight excluding hydrogens is 440 g/mol. The number of aromatic nitrogens is 1. The Labute approximate surface area is 193 Å². The Kier molecular flexibility index (Phi) is 5.79. The summed E-state index contributed by atoms with van der Waals surface area (Å²) in [6, 6.07) is 10.5. The topological polar surface area (TPSA) is 154 Å². The largest absolute Gasteiger partial charge is 0.507 e. The second-order valence-electron chi connectivity index (χ2n) is 7.49. The maximum Gasteiger partial charge on any atom is 0.271 e. The van der Waals surface area contributed by atoms with E-state index in [2.05, 4.69) is 10.2 Å². The van der Waals surface area contributed by atoms with Crippen molar-refractivity contribution < 1.29 is 24.5 Å². The number of methoxy groups -OCH3 is 1. The van der Waals surface area contributed by atoms with Crippen molar-refractivity contribution in [3.8, 4) is 17.7 Å². The van der Waals surface area contributed by atoms with Crippen LogP contribution in [0.25, 0.3) is 0 Å². The zero-order valence-corrected chi connectivity index (χ0v) is 18.2. The summed E-state index contributed by atoms with van der Waals surface area (Å²) in [6.45, 7) is 1.52.